The molecule has 168 valence electrons. The van der Waals surface area contributed by atoms with Crippen LogP contribution < -0.4 is 4.90 Å². The molecule has 0 N–H and O–H groups in total. The van der Waals surface area contributed by atoms with Gasteiger partial charge in [0.1, 0.15) is 4.90 Å². The van der Waals surface area contributed by atoms with E-state index in [1.165, 1.54) is 11.3 Å². The molecule has 2 aliphatic heterocycles. The van der Waals surface area contributed by atoms with Crippen molar-refractivity contribution in [3.05, 3.63) is 53.1 Å². The molecule has 1 fully saturated rings. The van der Waals surface area contributed by atoms with Crippen molar-refractivity contribution in [2.24, 2.45) is 10.3 Å². The number of benzene rings is 1. The molecule has 1 unspecified atom stereocenters. The van der Waals surface area contributed by atoms with Crippen LogP contribution >= 0.6 is 11.3 Å². The van der Waals surface area contributed by atoms with Gasteiger partial charge >= 0.3 is 0 Å². The van der Waals surface area contributed by atoms with Gasteiger partial charge < -0.3 is 4.90 Å². The van der Waals surface area contributed by atoms with E-state index in [1.807, 2.05) is 11.0 Å². The quantitative estimate of drug-likeness (QED) is 0.640. The summed E-state index contributed by atoms with van der Waals surface area (Å²) in [5.41, 5.74) is 1.75. The zero-order chi connectivity index (χ0) is 22.3. The Morgan fingerprint density at radius 1 is 1.25 bits per heavy atom. The number of amidine groups is 1. The molecule has 2 aromatic rings. The minimum atomic E-state index is -3.68. The number of amides is 1. The molecule has 1 aromatic carbocycles. The average molecular weight is 471 g/mol. The highest BCUT2D eigenvalue weighted by Crippen LogP contribution is 2.34. The van der Waals surface area contributed by atoms with Crippen molar-refractivity contribution < 1.29 is 13.2 Å². The van der Waals surface area contributed by atoms with Gasteiger partial charge in [0.15, 0.2) is 11.0 Å². The number of thiazole rings is 1. The second-order valence-corrected chi connectivity index (χ2v) is 11.1. The Bertz CT molecular complexity index is 1180. The largest absolute Gasteiger partial charge is 0.355 e. The molecule has 7 nitrogen and oxygen atoms in total. The number of hydrogen-bond donors (Lipinski definition) is 0. The topological polar surface area (TPSA) is 82.9 Å². The van der Waals surface area contributed by atoms with Crippen molar-refractivity contribution in [2.45, 2.75) is 43.4 Å². The SMILES string of the molecule is C=CCN(C(=O)C1CCCN(C2=NS(=O)(=O)c3ccccc32)C1)c1nc2c(s1)CCCC2. The first-order chi connectivity index (χ1) is 15.5. The highest BCUT2D eigenvalue weighted by molar-refractivity contribution is 7.90. The fourth-order valence-corrected chi connectivity index (χ4v) is 7.14. The van der Waals surface area contributed by atoms with Gasteiger partial charge in [0.05, 0.1) is 11.6 Å². The van der Waals surface area contributed by atoms with Gasteiger partial charge in [0.2, 0.25) is 5.91 Å². The summed E-state index contributed by atoms with van der Waals surface area (Å²) >= 11 is 1.62. The Morgan fingerprint density at radius 3 is 2.88 bits per heavy atom. The summed E-state index contributed by atoms with van der Waals surface area (Å²) in [6, 6.07) is 6.90. The van der Waals surface area contributed by atoms with Gasteiger partial charge in [-0.25, -0.2) is 4.98 Å². The molecule has 9 heteroatoms. The molecule has 32 heavy (non-hydrogen) atoms. The lowest BCUT2D eigenvalue weighted by atomic mass is 9.95. The number of anilines is 1. The van der Waals surface area contributed by atoms with E-state index < -0.39 is 10.0 Å². The van der Waals surface area contributed by atoms with Crippen molar-refractivity contribution >= 4 is 38.2 Å². The maximum absolute atomic E-state index is 13.6. The maximum atomic E-state index is 13.6. The highest BCUT2D eigenvalue weighted by atomic mass is 32.2. The number of carbonyl (C=O) groups excluding carboxylic acids is 1. The lowest BCUT2D eigenvalue weighted by Crippen LogP contribution is -2.47. The predicted octanol–water partition coefficient (Wildman–Crippen LogP) is 3.40. The summed E-state index contributed by atoms with van der Waals surface area (Å²) in [6.07, 6.45) is 7.64. The summed E-state index contributed by atoms with van der Waals surface area (Å²) in [5, 5.41) is 0.755. The molecule has 1 atom stereocenters. The van der Waals surface area contributed by atoms with Crippen LogP contribution in [-0.2, 0) is 27.7 Å². The van der Waals surface area contributed by atoms with Crippen molar-refractivity contribution in [3.8, 4) is 0 Å². The van der Waals surface area contributed by atoms with Crippen LogP contribution in [0, 0.1) is 5.92 Å². The Kier molecular flexibility index (Phi) is 5.63. The van der Waals surface area contributed by atoms with Gasteiger partial charge in [-0.2, -0.15) is 8.42 Å². The number of hydrogen-bond acceptors (Lipinski definition) is 6. The van der Waals surface area contributed by atoms with Crippen LogP contribution in [-0.4, -0.2) is 49.7 Å². The number of carbonyl (C=O) groups is 1. The summed E-state index contributed by atoms with van der Waals surface area (Å²) in [5.74, 6) is 0.233. The highest BCUT2D eigenvalue weighted by Gasteiger charge is 2.37. The van der Waals surface area contributed by atoms with Gasteiger partial charge in [-0.05, 0) is 50.7 Å². The summed E-state index contributed by atoms with van der Waals surface area (Å²) in [6.45, 7) is 5.38. The first-order valence-electron chi connectivity index (χ1n) is 11.1. The van der Waals surface area contributed by atoms with Crippen molar-refractivity contribution in [1.82, 2.24) is 9.88 Å². The Morgan fingerprint density at radius 2 is 2.06 bits per heavy atom. The average Bonchev–Trinajstić information content (AvgIpc) is 3.36. The minimum Gasteiger partial charge on any atom is -0.355 e. The summed E-state index contributed by atoms with van der Waals surface area (Å²) in [7, 11) is -3.68. The summed E-state index contributed by atoms with van der Waals surface area (Å²) < 4.78 is 29.0. The van der Waals surface area contributed by atoms with Crippen LogP contribution in [0.4, 0.5) is 5.13 Å². The predicted molar refractivity (Wildman–Crippen MR) is 126 cm³/mol. The molecule has 0 bridgehead atoms. The van der Waals surface area contributed by atoms with E-state index in [1.54, 1.807) is 40.5 Å². The van der Waals surface area contributed by atoms with Gasteiger partial charge in [0.25, 0.3) is 10.0 Å². The number of sulfonamides is 1. The molecule has 5 rings (SSSR count). The summed E-state index contributed by atoms with van der Waals surface area (Å²) in [4.78, 5) is 23.6. The van der Waals surface area contributed by atoms with Crippen LogP contribution in [0.25, 0.3) is 0 Å². The Labute approximate surface area is 192 Å². The van der Waals surface area contributed by atoms with Gasteiger partial charge in [-0.1, -0.05) is 18.2 Å². The van der Waals surface area contributed by atoms with Crippen LogP contribution in [0.1, 0.15) is 41.8 Å². The molecule has 1 saturated heterocycles. The van der Waals surface area contributed by atoms with Gasteiger partial charge in [-0.15, -0.1) is 22.3 Å². The number of piperidine rings is 1. The second-order valence-electron chi connectivity index (χ2n) is 8.48. The lowest BCUT2D eigenvalue weighted by Gasteiger charge is -2.35. The maximum Gasteiger partial charge on any atom is 0.285 e. The van der Waals surface area contributed by atoms with E-state index in [0.29, 0.717) is 31.0 Å². The van der Waals surface area contributed by atoms with Crippen LogP contribution in [0.15, 0.2) is 46.2 Å². The van der Waals surface area contributed by atoms with Gasteiger partial charge in [-0.3, -0.25) is 9.69 Å². The van der Waals surface area contributed by atoms with E-state index in [0.717, 1.165) is 42.9 Å². The van der Waals surface area contributed by atoms with E-state index in [9.17, 15) is 13.2 Å². The standard InChI is InChI=1S/C23H26N4O3S2/c1-2-13-27(23-24-18-10-4-5-11-19(18)31-23)22(28)16-8-7-14-26(15-16)21-17-9-3-6-12-20(17)32(29,30)25-21/h2-3,6,9,12,16H,1,4-5,7-8,10-11,13-15H2. The number of fused-ring (bicyclic) bond motifs is 2. The molecular weight excluding hydrogens is 444 g/mol. The minimum absolute atomic E-state index is 0.0236. The molecule has 1 amide bonds. The van der Waals surface area contributed by atoms with Crippen LogP contribution in [0.2, 0.25) is 0 Å². The Hall–Kier alpha value is -2.52. The van der Waals surface area contributed by atoms with E-state index in [2.05, 4.69) is 11.0 Å². The number of aromatic nitrogens is 1. The molecule has 0 radical (unpaired) electrons. The van der Waals surface area contributed by atoms with Crippen molar-refractivity contribution in [3.63, 3.8) is 0 Å². The van der Waals surface area contributed by atoms with Gasteiger partial charge in [0, 0.05) is 30.1 Å². The fraction of sp³-hybridized carbons (Fsp3) is 0.435. The molecule has 0 spiro atoms. The fourth-order valence-electron chi connectivity index (χ4n) is 4.75. The third-order valence-corrected chi connectivity index (χ3v) is 8.83. The molecule has 1 aliphatic carbocycles. The first-order valence-corrected chi connectivity index (χ1v) is 13.3. The van der Waals surface area contributed by atoms with E-state index in [4.69, 9.17) is 4.98 Å². The van der Waals surface area contributed by atoms with Crippen LogP contribution in [0.5, 0.6) is 0 Å². The van der Waals surface area contributed by atoms with Crippen molar-refractivity contribution in [1.29, 1.82) is 0 Å². The third kappa shape index (κ3) is 3.77. The molecule has 3 aliphatic rings. The van der Waals surface area contributed by atoms with E-state index >= 15 is 0 Å². The number of rotatable bonds is 4. The normalized spacial score (nSPS) is 21.4. The Balaban J connectivity index is 1.39. The molecule has 1 aromatic heterocycles. The zero-order valence-corrected chi connectivity index (χ0v) is 19.5. The molecule has 0 saturated carbocycles. The first kappa shape index (κ1) is 21.3. The number of likely N-dealkylation sites (tertiary alicyclic amines) is 1. The number of nitrogens with zero attached hydrogens (tertiary/aromatic N) is 4. The number of aryl methyl sites for hydroxylation is 2. The van der Waals surface area contributed by atoms with Crippen molar-refractivity contribution in [2.75, 3.05) is 24.5 Å². The third-order valence-electron chi connectivity index (χ3n) is 6.33. The monoisotopic (exact) mass is 470 g/mol. The van der Waals surface area contributed by atoms with Crippen LogP contribution in [0.3, 0.4) is 0 Å². The zero-order valence-electron chi connectivity index (χ0n) is 17.9. The molecule has 3 heterocycles. The second kappa shape index (κ2) is 8.44. The molecular formula is C23H26N4O3S2. The van der Waals surface area contributed by atoms with E-state index in [-0.39, 0.29) is 16.7 Å². The smallest absolute Gasteiger partial charge is 0.285 e. The lowest BCUT2D eigenvalue weighted by molar-refractivity contribution is -0.123.